The molecule has 1 saturated carbocycles. The van der Waals surface area contributed by atoms with E-state index < -0.39 is 10.0 Å². The number of sulfonamides is 1. The standard InChI is InChI=1S/C19H20BrN3O5S/c20-16-6-5-14(29(26,27)21-13-3-4-13)12-15(16)18(24)22-7-9-23(10-8-22)19(25)17-2-1-11-28-17/h1-2,5-6,11-13,21H,3-4,7-10H2. The van der Waals surface area contributed by atoms with Crippen LogP contribution in [0.4, 0.5) is 0 Å². The van der Waals surface area contributed by atoms with Gasteiger partial charge in [0.2, 0.25) is 10.0 Å². The number of rotatable bonds is 5. The SMILES string of the molecule is O=C(c1ccco1)N1CCN(C(=O)c2cc(S(=O)(=O)NC3CC3)ccc2Br)CC1. The van der Waals surface area contributed by atoms with Gasteiger partial charge in [-0.15, -0.1) is 0 Å². The molecule has 1 aliphatic heterocycles. The third kappa shape index (κ3) is 4.39. The van der Waals surface area contributed by atoms with Crippen LogP contribution in [0.15, 0.2) is 50.4 Å². The van der Waals surface area contributed by atoms with Gasteiger partial charge >= 0.3 is 0 Å². The summed E-state index contributed by atoms with van der Waals surface area (Å²) in [6, 6.07) is 7.71. The maximum Gasteiger partial charge on any atom is 0.289 e. The van der Waals surface area contributed by atoms with Gasteiger partial charge in [0, 0.05) is 36.7 Å². The van der Waals surface area contributed by atoms with Crippen LogP contribution in [-0.2, 0) is 10.0 Å². The minimum atomic E-state index is -3.65. The number of hydrogen-bond donors (Lipinski definition) is 1. The van der Waals surface area contributed by atoms with Crippen molar-refractivity contribution in [2.24, 2.45) is 0 Å². The van der Waals surface area contributed by atoms with E-state index in [-0.39, 0.29) is 34.1 Å². The van der Waals surface area contributed by atoms with Crippen LogP contribution in [0.2, 0.25) is 0 Å². The largest absolute Gasteiger partial charge is 0.459 e. The van der Waals surface area contributed by atoms with Gasteiger partial charge in [-0.05, 0) is 59.1 Å². The molecule has 10 heteroatoms. The lowest BCUT2D eigenvalue weighted by Crippen LogP contribution is -2.50. The number of nitrogens with one attached hydrogen (secondary N) is 1. The molecule has 2 aromatic rings. The van der Waals surface area contributed by atoms with Crippen molar-refractivity contribution in [1.29, 1.82) is 0 Å². The normalized spacial score (nSPS) is 17.4. The number of hydrogen-bond acceptors (Lipinski definition) is 5. The molecule has 1 N–H and O–H groups in total. The third-order valence-electron chi connectivity index (χ3n) is 4.96. The lowest BCUT2D eigenvalue weighted by molar-refractivity contribution is 0.0517. The zero-order valence-corrected chi connectivity index (χ0v) is 17.9. The first-order valence-electron chi connectivity index (χ1n) is 9.29. The molecule has 1 aromatic carbocycles. The molecule has 2 amide bonds. The van der Waals surface area contributed by atoms with E-state index in [2.05, 4.69) is 20.7 Å². The summed E-state index contributed by atoms with van der Waals surface area (Å²) in [6.07, 6.45) is 3.12. The highest BCUT2D eigenvalue weighted by molar-refractivity contribution is 9.10. The minimum Gasteiger partial charge on any atom is -0.459 e. The van der Waals surface area contributed by atoms with Gasteiger partial charge in [-0.25, -0.2) is 13.1 Å². The maximum absolute atomic E-state index is 13.0. The van der Waals surface area contributed by atoms with Crippen molar-refractivity contribution < 1.29 is 22.4 Å². The summed E-state index contributed by atoms with van der Waals surface area (Å²) in [5, 5.41) is 0. The highest BCUT2D eigenvalue weighted by Crippen LogP contribution is 2.26. The molecule has 0 atom stereocenters. The Bertz CT molecular complexity index is 1030. The van der Waals surface area contributed by atoms with Crippen LogP contribution < -0.4 is 4.72 Å². The van der Waals surface area contributed by atoms with Crippen LogP contribution >= 0.6 is 15.9 Å². The van der Waals surface area contributed by atoms with Crippen LogP contribution in [0.25, 0.3) is 0 Å². The van der Waals surface area contributed by atoms with Gasteiger partial charge in [0.15, 0.2) is 5.76 Å². The first-order valence-corrected chi connectivity index (χ1v) is 11.6. The van der Waals surface area contributed by atoms with Gasteiger partial charge < -0.3 is 14.2 Å². The topological polar surface area (TPSA) is 99.9 Å². The Morgan fingerprint density at radius 2 is 1.69 bits per heavy atom. The van der Waals surface area contributed by atoms with E-state index in [0.717, 1.165) is 12.8 Å². The summed E-state index contributed by atoms with van der Waals surface area (Å²) in [4.78, 5) is 28.7. The first-order chi connectivity index (χ1) is 13.8. The monoisotopic (exact) mass is 481 g/mol. The fraction of sp³-hybridized carbons (Fsp3) is 0.368. The van der Waals surface area contributed by atoms with E-state index in [4.69, 9.17) is 4.42 Å². The summed E-state index contributed by atoms with van der Waals surface area (Å²) < 4.78 is 33.2. The molecule has 0 bridgehead atoms. The van der Waals surface area contributed by atoms with Gasteiger partial charge in [0.1, 0.15) is 0 Å². The molecule has 1 saturated heterocycles. The Labute approximate surface area is 177 Å². The average molecular weight is 482 g/mol. The molecule has 1 aromatic heterocycles. The van der Waals surface area contributed by atoms with Gasteiger partial charge in [-0.2, -0.15) is 0 Å². The van der Waals surface area contributed by atoms with E-state index in [0.29, 0.717) is 30.7 Å². The molecule has 1 aliphatic carbocycles. The highest BCUT2D eigenvalue weighted by Gasteiger charge is 2.30. The first kappa shape index (κ1) is 20.1. The summed E-state index contributed by atoms with van der Waals surface area (Å²) in [5.41, 5.74) is 0.287. The predicted octanol–water partition coefficient (Wildman–Crippen LogP) is 2.08. The molecule has 2 fully saturated rings. The van der Waals surface area contributed by atoms with Crippen molar-refractivity contribution in [3.8, 4) is 0 Å². The predicted molar refractivity (Wildman–Crippen MR) is 108 cm³/mol. The van der Waals surface area contributed by atoms with Crippen LogP contribution in [0.5, 0.6) is 0 Å². The zero-order chi connectivity index (χ0) is 20.6. The summed E-state index contributed by atoms with van der Waals surface area (Å²) in [6.45, 7) is 1.47. The lowest BCUT2D eigenvalue weighted by Gasteiger charge is -2.34. The molecule has 29 heavy (non-hydrogen) atoms. The molecular weight excluding hydrogens is 462 g/mol. The minimum absolute atomic E-state index is 0.0115. The Morgan fingerprint density at radius 1 is 1.03 bits per heavy atom. The number of amides is 2. The van der Waals surface area contributed by atoms with Crippen LogP contribution in [-0.4, -0.2) is 62.3 Å². The second-order valence-electron chi connectivity index (χ2n) is 7.10. The molecule has 0 spiro atoms. The highest BCUT2D eigenvalue weighted by atomic mass is 79.9. The molecular formula is C19H20BrN3O5S. The van der Waals surface area contributed by atoms with E-state index in [1.54, 1.807) is 28.0 Å². The van der Waals surface area contributed by atoms with Crippen LogP contribution in [0.3, 0.4) is 0 Å². The van der Waals surface area contributed by atoms with Crippen molar-refractivity contribution in [1.82, 2.24) is 14.5 Å². The van der Waals surface area contributed by atoms with E-state index >= 15 is 0 Å². The molecule has 0 unspecified atom stereocenters. The number of carbonyl (C=O) groups is 2. The molecule has 2 aliphatic rings. The zero-order valence-electron chi connectivity index (χ0n) is 15.5. The van der Waals surface area contributed by atoms with Crippen molar-refractivity contribution in [3.05, 3.63) is 52.4 Å². The number of halogens is 1. The summed E-state index contributed by atoms with van der Waals surface area (Å²) in [7, 11) is -3.65. The third-order valence-corrected chi connectivity index (χ3v) is 7.17. The smallest absolute Gasteiger partial charge is 0.289 e. The number of furan rings is 1. The van der Waals surface area contributed by atoms with Crippen LogP contribution in [0, 0.1) is 0 Å². The molecule has 8 nitrogen and oxygen atoms in total. The number of carbonyl (C=O) groups excluding carboxylic acids is 2. The second-order valence-corrected chi connectivity index (χ2v) is 9.67. The van der Waals surface area contributed by atoms with E-state index in [1.165, 1.54) is 18.4 Å². The van der Waals surface area contributed by atoms with E-state index in [1.807, 2.05) is 0 Å². The van der Waals surface area contributed by atoms with Crippen molar-refractivity contribution in [3.63, 3.8) is 0 Å². The Hall–Kier alpha value is -2.17. The molecule has 4 rings (SSSR count). The van der Waals surface area contributed by atoms with Gasteiger partial charge in [0.25, 0.3) is 11.8 Å². The van der Waals surface area contributed by atoms with Gasteiger partial charge in [-0.3, -0.25) is 9.59 Å². The number of benzene rings is 1. The second kappa shape index (κ2) is 7.92. The fourth-order valence-electron chi connectivity index (χ4n) is 3.16. The number of nitrogens with zero attached hydrogens (tertiary/aromatic N) is 2. The fourth-order valence-corrected chi connectivity index (χ4v) is 4.91. The Balaban J connectivity index is 1.46. The molecule has 154 valence electrons. The Morgan fingerprint density at radius 3 is 2.28 bits per heavy atom. The quantitative estimate of drug-likeness (QED) is 0.704. The maximum atomic E-state index is 13.0. The van der Waals surface area contributed by atoms with Gasteiger partial charge in [-0.1, -0.05) is 0 Å². The van der Waals surface area contributed by atoms with Crippen molar-refractivity contribution >= 4 is 37.8 Å². The number of piperazine rings is 1. The van der Waals surface area contributed by atoms with Crippen molar-refractivity contribution in [2.75, 3.05) is 26.2 Å². The molecule has 2 heterocycles. The summed E-state index contributed by atoms with van der Waals surface area (Å²) >= 11 is 3.35. The average Bonchev–Trinajstić information content (AvgIpc) is 3.34. The van der Waals surface area contributed by atoms with E-state index in [9.17, 15) is 18.0 Å². The molecule has 0 radical (unpaired) electrons. The van der Waals surface area contributed by atoms with Crippen molar-refractivity contribution in [2.45, 2.75) is 23.8 Å². The van der Waals surface area contributed by atoms with Gasteiger partial charge in [0.05, 0.1) is 16.7 Å². The summed E-state index contributed by atoms with van der Waals surface area (Å²) in [5.74, 6) is -0.207. The van der Waals surface area contributed by atoms with Crippen LogP contribution in [0.1, 0.15) is 33.8 Å². The lowest BCUT2D eigenvalue weighted by atomic mass is 10.1. The Kier molecular flexibility index (Phi) is 5.50.